The molecule has 0 saturated carbocycles. The van der Waals surface area contributed by atoms with Gasteiger partial charge in [0.2, 0.25) is 11.9 Å². The molecule has 2 aromatic rings. The summed E-state index contributed by atoms with van der Waals surface area (Å²) in [5.41, 5.74) is 1.02. The van der Waals surface area contributed by atoms with Crippen molar-refractivity contribution in [1.82, 2.24) is 14.9 Å². The monoisotopic (exact) mass is 354 g/mol. The minimum Gasteiger partial charge on any atom is -0.496 e. The van der Waals surface area contributed by atoms with E-state index < -0.39 is 0 Å². The van der Waals surface area contributed by atoms with Crippen molar-refractivity contribution < 1.29 is 9.53 Å². The Hall–Kier alpha value is -2.63. The zero-order chi connectivity index (χ0) is 18.5. The first kappa shape index (κ1) is 18.2. The number of aromatic nitrogens is 2. The summed E-state index contributed by atoms with van der Waals surface area (Å²) >= 11 is 0. The number of piperidine rings is 1. The molecule has 6 nitrogen and oxygen atoms in total. The van der Waals surface area contributed by atoms with E-state index in [1.54, 1.807) is 25.6 Å². The highest BCUT2D eigenvalue weighted by Crippen LogP contribution is 2.30. The van der Waals surface area contributed by atoms with E-state index in [4.69, 9.17) is 4.74 Å². The number of ether oxygens (including phenoxy) is 1. The highest BCUT2D eigenvalue weighted by molar-refractivity contribution is 5.80. The van der Waals surface area contributed by atoms with Gasteiger partial charge in [-0.15, -0.1) is 0 Å². The van der Waals surface area contributed by atoms with E-state index in [-0.39, 0.29) is 17.9 Å². The van der Waals surface area contributed by atoms with Crippen LogP contribution in [0.3, 0.4) is 0 Å². The van der Waals surface area contributed by atoms with E-state index in [2.05, 4.69) is 14.9 Å². The Labute approximate surface area is 154 Å². The number of rotatable bonds is 5. The summed E-state index contributed by atoms with van der Waals surface area (Å²) < 4.78 is 5.45. The number of anilines is 1. The summed E-state index contributed by atoms with van der Waals surface area (Å²) in [6, 6.07) is 9.61. The molecule has 1 fully saturated rings. The molecule has 1 aromatic heterocycles. The average molecular weight is 354 g/mol. The Morgan fingerprint density at radius 1 is 1.27 bits per heavy atom. The highest BCUT2D eigenvalue weighted by atomic mass is 16.5. The molecular weight excluding hydrogens is 328 g/mol. The minimum atomic E-state index is -0.0537. The van der Waals surface area contributed by atoms with Crippen molar-refractivity contribution in [3.8, 4) is 5.75 Å². The predicted octanol–water partition coefficient (Wildman–Crippen LogP) is 2.92. The summed E-state index contributed by atoms with van der Waals surface area (Å²) in [5.74, 6) is 1.62. The molecule has 0 aliphatic carbocycles. The number of amides is 1. The molecule has 0 radical (unpaired) electrons. The minimum absolute atomic E-state index is 0.0466. The zero-order valence-electron chi connectivity index (χ0n) is 15.6. The Morgan fingerprint density at radius 3 is 2.73 bits per heavy atom. The van der Waals surface area contributed by atoms with Gasteiger partial charge in [0.1, 0.15) is 5.75 Å². The maximum absolute atomic E-state index is 13.1. The largest absolute Gasteiger partial charge is 0.496 e. The van der Waals surface area contributed by atoms with Crippen molar-refractivity contribution in [1.29, 1.82) is 0 Å². The second kappa shape index (κ2) is 8.17. The Kier molecular flexibility index (Phi) is 5.71. The number of para-hydroxylation sites is 1. The fourth-order valence-corrected chi connectivity index (χ4v) is 3.51. The van der Waals surface area contributed by atoms with Gasteiger partial charge in [0.15, 0.2) is 0 Å². The highest BCUT2D eigenvalue weighted by Gasteiger charge is 2.31. The summed E-state index contributed by atoms with van der Waals surface area (Å²) in [7, 11) is 3.53. The molecule has 6 heteroatoms. The Morgan fingerprint density at radius 2 is 2.00 bits per heavy atom. The molecule has 1 aliphatic heterocycles. The van der Waals surface area contributed by atoms with Crippen LogP contribution in [-0.4, -0.2) is 48.0 Å². The van der Waals surface area contributed by atoms with Crippen LogP contribution in [0.15, 0.2) is 42.7 Å². The SMILES string of the molecule is COc1ccccc1C(C)N(C)C(=O)C1CCCN(c2ncccn2)C1. The van der Waals surface area contributed by atoms with Gasteiger partial charge in [-0.3, -0.25) is 4.79 Å². The van der Waals surface area contributed by atoms with Crippen LogP contribution in [0.1, 0.15) is 31.4 Å². The fraction of sp³-hybridized carbons (Fsp3) is 0.450. The number of carbonyl (C=O) groups excluding carboxylic acids is 1. The van der Waals surface area contributed by atoms with Crippen LogP contribution >= 0.6 is 0 Å². The molecule has 3 rings (SSSR count). The van der Waals surface area contributed by atoms with E-state index in [0.29, 0.717) is 12.5 Å². The van der Waals surface area contributed by atoms with Crippen LogP contribution in [0.25, 0.3) is 0 Å². The number of carbonyl (C=O) groups is 1. The van der Waals surface area contributed by atoms with Gasteiger partial charge in [-0.1, -0.05) is 18.2 Å². The van der Waals surface area contributed by atoms with Gasteiger partial charge in [-0.05, 0) is 31.9 Å². The summed E-state index contributed by atoms with van der Waals surface area (Å²) in [4.78, 5) is 25.7. The van der Waals surface area contributed by atoms with Gasteiger partial charge in [-0.2, -0.15) is 0 Å². The number of nitrogens with zero attached hydrogens (tertiary/aromatic N) is 4. The quantitative estimate of drug-likeness (QED) is 0.826. The Balaban J connectivity index is 1.71. The summed E-state index contributed by atoms with van der Waals surface area (Å²) in [6.45, 7) is 3.59. The first-order chi connectivity index (χ1) is 12.6. The molecule has 0 spiro atoms. The normalized spacial score (nSPS) is 18.3. The maximum atomic E-state index is 13.1. The third-order valence-electron chi connectivity index (χ3n) is 5.12. The standard InChI is InChI=1S/C20H26N4O2/c1-15(17-9-4-5-10-18(17)26-3)23(2)19(25)16-8-6-13-24(14-16)20-21-11-7-12-22-20/h4-5,7,9-12,15-16H,6,8,13-14H2,1-3H3. The fourth-order valence-electron chi connectivity index (χ4n) is 3.51. The smallest absolute Gasteiger partial charge is 0.227 e. The number of hydrogen-bond donors (Lipinski definition) is 0. The van der Waals surface area contributed by atoms with E-state index in [1.165, 1.54) is 0 Å². The topological polar surface area (TPSA) is 58.6 Å². The molecule has 1 amide bonds. The predicted molar refractivity (Wildman–Crippen MR) is 101 cm³/mol. The van der Waals surface area contributed by atoms with Crippen molar-refractivity contribution in [2.45, 2.75) is 25.8 Å². The van der Waals surface area contributed by atoms with Crippen LogP contribution in [0.4, 0.5) is 5.95 Å². The van der Waals surface area contributed by atoms with Crippen molar-refractivity contribution >= 4 is 11.9 Å². The average Bonchev–Trinajstić information content (AvgIpc) is 2.72. The zero-order valence-corrected chi connectivity index (χ0v) is 15.6. The number of methoxy groups -OCH3 is 1. The number of benzene rings is 1. The van der Waals surface area contributed by atoms with Crippen LogP contribution in [0.5, 0.6) is 5.75 Å². The first-order valence-corrected chi connectivity index (χ1v) is 9.03. The lowest BCUT2D eigenvalue weighted by Gasteiger charge is -2.36. The molecule has 0 N–H and O–H groups in total. The van der Waals surface area contributed by atoms with Gasteiger partial charge in [0, 0.05) is 38.1 Å². The van der Waals surface area contributed by atoms with Crippen LogP contribution in [0, 0.1) is 5.92 Å². The molecule has 1 saturated heterocycles. The van der Waals surface area contributed by atoms with E-state index in [9.17, 15) is 4.79 Å². The molecule has 2 heterocycles. The van der Waals surface area contributed by atoms with Gasteiger partial charge in [-0.25, -0.2) is 9.97 Å². The molecular formula is C20H26N4O2. The Bertz CT molecular complexity index is 738. The molecule has 0 bridgehead atoms. The van der Waals surface area contributed by atoms with Gasteiger partial charge >= 0.3 is 0 Å². The van der Waals surface area contributed by atoms with Crippen LogP contribution in [0.2, 0.25) is 0 Å². The third kappa shape index (κ3) is 3.79. The lowest BCUT2D eigenvalue weighted by Crippen LogP contribution is -2.44. The third-order valence-corrected chi connectivity index (χ3v) is 5.12. The van der Waals surface area contributed by atoms with Gasteiger partial charge < -0.3 is 14.5 Å². The molecule has 1 aromatic carbocycles. The summed E-state index contributed by atoms with van der Waals surface area (Å²) in [6.07, 6.45) is 5.34. The van der Waals surface area contributed by atoms with Gasteiger partial charge in [0.05, 0.1) is 19.1 Å². The molecule has 26 heavy (non-hydrogen) atoms. The van der Waals surface area contributed by atoms with Crippen molar-refractivity contribution in [2.24, 2.45) is 5.92 Å². The van der Waals surface area contributed by atoms with Crippen molar-refractivity contribution in [3.63, 3.8) is 0 Å². The maximum Gasteiger partial charge on any atom is 0.227 e. The molecule has 2 atom stereocenters. The van der Waals surface area contributed by atoms with E-state index >= 15 is 0 Å². The second-order valence-corrected chi connectivity index (χ2v) is 6.70. The van der Waals surface area contributed by atoms with E-state index in [1.807, 2.05) is 43.1 Å². The second-order valence-electron chi connectivity index (χ2n) is 6.70. The van der Waals surface area contributed by atoms with Crippen LogP contribution in [-0.2, 0) is 4.79 Å². The number of hydrogen-bond acceptors (Lipinski definition) is 5. The summed E-state index contributed by atoms with van der Waals surface area (Å²) in [5, 5.41) is 0. The lowest BCUT2D eigenvalue weighted by molar-refractivity contribution is -0.136. The van der Waals surface area contributed by atoms with Crippen LogP contribution < -0.4 is 9.64 Å². The molecule has 2 unspecified atom stereocenters. The van der Waals surface area contributed by atoms with Gasteiger partial charge in [0.25, 0.3) is 0 Å². The molecule has 138 valence electrons. The van der Waals surface area contributed by atoms with Crippen molar-refractivity contribution in [3.05, 3.63) is 48.3 Å². The van der Waals surface area contributed by atoms with E-state index in [0.717, 1.165) is 30.7 Å². The van der Waals surface area contributed by atoms with Crippen molar-refractivity contribution in [2.75, 3.05) is 32.1 Å². The lowest BCUT2D eigenvalue weighted by atomic mass is 9.95. The first-order valence-electron chi connectivity index (χ1n) is 9.03. The molecule has 1 aliphatic rings.